The van der Waals surface area contributed by atoms with Gasteiger partial charge >= 0.3 is 0 Å². The lowest BCUT2D eigenvalue weighted by atomic mass is 9.79. The lowest BCUT2D eigenvalue weighted by Crippen LogP contribution is -2.45. The van der Waals surface area contributed by atoms with Gasteiger partial charge in [0.05, 0.1) is 17.2 Å². The molecule has 1 aliphatic carbocycles. The Morgan fingerprint density at radius 2 is 2.14 bits per heavy atom. The van der Waals surface area contributed by atoms with E-state index >= 15 is 0 Å². The van der Waals surface area contributed by atoms with Gasteiger partial charge in [-0.3, -0.25) is 4.79 Å². The van der Waals surface area contributed by atoms with Crippen LogP contribution in [0, 0.1) is 5.92 Å². The Kier molecular flexibility index (Phi) is 5.27. The van der Waals surface area contributed by atoms with Gasteiger partial charge in [0.25, 0.3) is 5.91 Å². The third-order valence-electron chi connectivity index (χ3n) is 4.20. The second kappa shape index (κ2) is 6.79. The highest BCUT2D eigenvalue weighted by atomic mass is 79.9. The van der Waals surface area contributed by atoms with E-state index in [0.717, 1.165) is 30.2 Å². The van der Waals surface area contributed by atoms with Gasteiger partial charge in [-0.05, 0) is 65.7 Å². The molecule has 0 atom stereocenters. The number of benzene rings is 1. The SMILES string of the molecule is COc1ccc(C(=O)NCC2(O)CCC(C)CC2)cc1Br. The van der Waals surface area contributed by atoms with Gasteiger partial charge in [-0.25, -0.2) is 0 Å². The molecule has 1 amide bonds. The highest BCUT2D eigenvalue weighted by Crippen LogP contribution is 2.31. The maximum atomic E-state index is 12.2. The zero-order chi connectivity index (χ0) is 15.5. The molecule has 1 aromatic carbocycles. The smallest absolute Gasteiger partial charge is 0.251 e. The molecule has 1 saturated carbocycles. The Morgan fingerprint density at radius 3 is 2.71 bits per heavy atom. The van der Waals surface area contributed by atoms with Crippen LogP contribution in [-0.2, 0) is 0 Å². The first kappa shape index (κ1) is 16.3. The number of aliphatic hydroxyl groups is 1. The van der Waals surface area contributed by atoms with Crippen molar-refractivity contribution in [2.75, 3.05) is 13.7 Å². The molecule has 0 saturated heterocycles. The summed E-state index contributed by atoms with van der Waals surface area (Å²) in [5.74, 6) is 1.18. The van der Waals surface area contributed by atoms with Gasteiger partial charge in [-0.15, -0.1) is 0 Å². The Balaban J connectivity index is 1.94. The van der Waals surface area contributed by atoms with Crippen molar-refractivity contribution >= 4 is 21.8 Å². The van der Waals surface area contributed by atoms with E-state index in [4.69, 9.17) is 4.74 Å². The van der Waals surface area contributed by atoms with E-state index in [2.05, 4.69) is 28.2 Å². The molecule has 1 fully saturated rings. The molecule has 0 radical (unpaired) electrons. The number of amides is 1. The third-order valence-corrected chi connectivity index (χ3v) is 4.82. The molecule has 2 N–H and O–H groups in total. The first-order chi connectivity index (χ1) is 9.93. The number of hydrogen-bond acceptors (Lipinski definition) is 3. The number of ether oxygens (including phenoxy) is 1. The Labute approximate surface area is 134 Å². The molecule has 1 aliphatic rings. The van der Waals surface area contributed by atoms with Gasteiger partial charge in [0.1, 0.15) is 5.75 Å². The maximum absolute atomic E-state index is 12.2. The van der Waals surface area contributed by atoms with Crippen LogP contribution in [0.4, 0.5) is 0 Å². The molecule has 0 aromatic heterocycles. The summed E-state index contributed by atoms with van der Waals surface area (Å²) < 4.78 is 5.88. The molecule has 0 spiro atoms. The van der Waals surface area contributed by atoms with Crippen LogP contribution in [0.15, 0.2) is 22.7 Å². The number of hydrogen-bond donors (Lipinski definition) is 2. The van der Waals surface area contributed by atoms with Crippen molar-refractivity contribution in [2.45, 2.75) is 38.2 Å². The fourth-order valence-electron chi connectivity index (χ4n) is 2.63. The van der Waals surface area contributed by atoms with Crippen LogP contribution in [0.25, 0.3) is 0 Å². The van der Waals surface area contributed by atoms with Crippen LogP contribution < -0.4 is 10.1 Å². The summed E-state index contributed by atoms with van der Waals surface area (Å²) in [6, 6.07) is 5.18. The van der Waals surface area contributed by atoms with Crippen LogP contribution >= 0.6 is 15.9 Å². The molecule has 0 bridgehead atoms. The molecule has 0 aliphatic heterocycles. The Morgan fingerprint density at radius 1 is 1.48 bits per heavy atom. The third kappa shape index (κ3) is 4.20. The average molecular weight is 356 g/mol. The zero-order valence-electron chi connectivity index (χ0n) is 12.5. The van der Waals surface area contributed by atoms with Gasteiger partial charge in [0.15, 0.2) is 0 Å². The summed E-state index contributed by atoms with van der Waals surface area (Å²) in [4.78, 5) is 12.2. The largest absolute Gasteiger partial charge is 0.496 e. The van der Waals surface area contributed by atoms with E-state index in [1.54, 1.807) is 25.3 Å². The molecule has 5 heteroatoms. The Bertz CT molecular complexity index is 510. The lowest BCUT2D eigenvalue weighted by molar-refractivity contribution is -0.00540. The van der Waals surface area contributed by atoms with Gasteiger partial charge < -0.3 is 15.2 Å². The number of methoxy groups -OCH3 is 1. The summed E-state index contributed by atoms with van der Waals surface area (Å²) in [5.41, 5.74) is -0.207. The van der Waals surface area contributed by atoms with E-state index in [0.29, 0.717) is 23.8 Å². The fraction of sp³-hybridized carbons (Fsp3) is 0.562. The summed E-state index contributed by atoms with van der Waals surface area (Å²) in [7, 11) is 1.58. The molecule has 0 heterocycles. The highest BCUT2D eigenvalue weighted by molar-refractivity contribution is 9.10. The summed E-state index contributed by atoms with van der Waals surface area (Å²) in [6.07, 6.45) is 3.53. The topological polar surface area (TPSA) is 58.6 Å². The minimum atomic E-state index is -0.758. The Hall–Kier alpha value is -1.07. The van der Waals surface area contributed by atoms with E-state index in [-0.39, 0.29) is 5.91 Å². The predicted octanol–water partition coefficient (Wildman–Crippen LogP) is 3.13. The number of nitrogens with one attached hydrogen (secondary N) is 1. The maximum Gasteiger partial charge on any atom is 0.251 e. The van der Waals surface area contributed by atoms with E-state index < -0.39 is 5.60 Å². The van der Waals surface area contributed by atoms with Crippen LogP contribution in [0.5, 0.6) is 5.75 Å². The van der Waals surface area contributed by atoms with Crippen LogP contribution in [0.2, 0.25) is 0 Å². The van der Waals surface area contributed by atoms with Crippen LogP contribution in [0.1, 0.15) is 43.0 Å². The number of carbonyl (C=O) groups excluding carboxylic acids is 1. The van der Waals surface area contributed by atoms with Crippen molar-refractivity contribution in [3.63, 3.8) is 0 Å². The monoisotopic (exact) mass is 355 g/mol. The number of rotatable bonds is 4. The predicted molar refractivity (Wildman–Crippen MR) is 85.6 cm³/mol. The molecule has 2 rings (SSSR count). The molecule has 0 unspecified atom stereocenters. The fourth-order valence-corrected chi connectivity index (χ4v) is 3.17. The molecular formula is C16H22BrNO3. The van der Waals surface area contributed by atoms with Gasteiger partial charge in [0.2, 0.25) is 0 Å². The standard InChI is InChI=1S/C16H22BrNO3/c1-11-5-7-16(20,8-6-11)10-18-15(19)12-3-4-14(21-2)13(17)9-12/h3-4,9,11,20H,5-8,10H2,1-2H3,(H,18,19). The highest BCUT2D eigenvalue weighted by Gasteiger charge is 2.32. The summed E-state index contributed by atoms with van der Waals surface area (Å²) >= 11 is 3.37. The van der Waals surface area contributed by atoms with Crippen molar-refractivity contribution in [2.24, 2.45) is 5.92 Å². The van der Waals surface area contributed by atoms with Crippen molar-refractivity contribution in [3.8, 4) is 5.75 Å². The molecular weight excluding hydrogens is 334 g/mol. The first-order valence-corrected chi connectivity index (χ1v) is 8.07. The van der Waals surface area contributed by atoms with E-state index in [9.17, 15) is 9.90 Å². The summed E-state index contributed by atoms with van der Waals surface area (Å²) in [6.45, 7) is 2.51. The molecule has 4 nitrogen and oxygen atoms in total. The second-order valence-electron chi connectivity index (χ2n) is 5.94. The normalized spacial score (nSPS) is 25.4. The van der Waals surface area contributed by atoms with E-state index in [1.165, 1.54) is 0 Å². The van der Waals surface area contributed by atoms with E-state index in [1.807, 2.05) is 0 Å². The van der Waals surface area contributed by atoms with Crippen LogP contribution in [0.3, 0.4) is 0 Å². The van der Waals surface area contributed by atoms with Crippen molar-refractivity contribution in [1.82, 2.24) is 5.32 Å². The number of carbonyl (C=O) groups is 1. The van der Waals surface area contributed by atoms with Crippen molar-refractivity contribution < 1.29 is 14.6 Å². The van der Waals surface area contributed by atoms with Gasteiger partial charge in [-0.1, -0.05) is 6.92 Å². The van der Waals surface area contributed by atoms with Gasteiger partial charge in [0, 0.05) is 12.1 Å². The first-order valence-electron chi connectivity index (χ1n) is 7.28. The second-order valence-corrected chi connectivity index (χ2v) is 6.79. The molecule has 1 aromatic rings. The van der Waals surface area contributed by atoms with Gasteiger partial charge in [-0.2, -0.15) is 0 Å². The van der Waals surface area contributed by atoms with Crippen molar-refractivity contribution in [3.05, 3.63) is 28.2 Å². The molecule has 21 heavy (non-hydrogen) atoms. The average Bonchev–Trinajstić information content (AvgIpc) is 2.48. The van der Waals surface area contributed by atoms with Crippen molar-refractivity contribution in [1.29, 1.82) is 0 Å². The number of halogens is 1. The zero-order valence-corrected chi connectivity index (χ0v) is 14.1. The minimum Gasteiger partial charge on any atom is -0.496 e. The minimum absolute atomic E-state index is 0.176. The lowest BCUT2D eigenvalue weighted by Gasteiger charge is -2.34. The summed E-state index contributed by atoms with van der Waals surface area (Å²) in [5, 5.41) is 13.3. The quantitative estimate of drug-likeness (QED) is 0.872. The molecule has 116 valence electrons. The van der Waals surface area contributed by atoms with Crippen LogP contribution in [-0.4, -0.2) is 30.3 Å².